The van der Waals surface area contributed by atoms with E-state index in [4.69, 9.17) is 21.7 Å². The lowest BCUT2D eigenvalue weighted by molar-refractivity contribution is -0.144. The second-order valence-corrected chi connectivity index (χ2v) is 6.24. The van der Waals surface area contributed by atoms with Crippen LogP contribution < -0.4 is 22.1 Å². The van der Waals surface area contributed by atoms with Crippen molar-refractivity contribution in [3.63, 3.8) is 0 Å². The normalized spacial score (nSPS) is 18.0. The number of rotatable bonds is 10. The minimum Gasteiger partial charge on any atom is -0.481 e. The van der Waals surface area contributed by atoms with Crippen molar-refractivity contribution in [1.82, 2.24) is 15.5 Å². The number of carbonyl (C=O) groups is 6. The Bertz CT molecular complexity index is 667. The molecule has 0 aliphatic carbocycles. The van der Waals surface area contributed by atoms with Crippen molar-refractivity contribution in [3.8, 4) is 0 Å². The van der Waals surface area contributed by atoms with Crippen molar-refractivity contribution in [1.29, 1.82) is 0 Å². The van der Waals surface area contributed by atoms with E-state index >= 15 is 0 Å². The van der Waals surface area contributed by atoms with E-state index in [1.807, 2.05) is 0 Å². The highest BCUT2D eigenvalue weighted by atomic mass is 16.4. The van der Waals surface area contributed by atoms with Crippen LogP contribution >= 0.6 is 0 Å². The summed E-state index contributed by atoms with van der Waals surface area (Å²) < 4.78 is 0. The molecule has 13 heteroatoms. The number of aliphatic carboxylic acids is 2. The SMILES string of the molecule is NC(=O)CC(NC(=O)C(N)CC(=O)O)C(=O)N1CCCC1C(=O)NCC(=O)O. The molecule has 1 heterocycles. The monoisotopic (exact) mass is 401 g/mol. The van der Waals surface area contributed by atoms with Crippen LogP contribution in [-0.2, 0) is 28.8 Å². The molecule has 4 amide bonds. The molecule has 0 aromatic rings. The summed E-state index contributed by atoms with van der Waals surface area (Å²) in [7, 11) is 0. The molecule has 0 saturated carbocycles. The smallest absolute Gasteiger partial charge is 0.322 e. The summed E-state index contributed by atoms with van der Waals surface area (Å²) in [5.74, 6) is -5.90. The van der Waals surface area contributed by atoms with Gasteiger partial charge in [0.25, 0.3) is 0 Å². The van der Waals surface area contributed by atoms with Gasteiger partial charge in [-0.2, -0.15) is 0 Å². The number of amides is 4. The first-order valence-corrected chi connectivity index (χ1v) is 8.39. The fourth-order valence-corrected chi connectivity index (χ4v) is 2.74. The predicted molar refractivity (Wildman–Crippen MR) is 91.4 cm³/mol. The van der Waals surface area contributed by atoms with Gasteiger partial charge in [0, 0.05) is 6.54 Å². The van der Waals surface area contributed by atoms with Crippen LogP contribution in [0.2, 0.25) is 0 Å². The van der Waals surface area contributed by atoms with E-state index in [0.717, 1.165) is 4.90 Å². The Morgan fingerprint density at radius 1 is 1.07 bits per heavy atom. The van der Waals surface area contributed by atoms with Gasteiger partial charge < -0.3 is 37.2 Å². The van der Waals surface area contributed by atoms with Gasteiger partial charge in [0.15, 0.2) is 0 Å². The first kappa shape index (κ1) is 22.8. The Balaban J connectivity index is 2.88. The number of carbonyl (C=O) groups excluding carboxylic acids is 4. The third-order valence-electron chi connectivity index (χ3n) is 4.00. The lowest BCUT2D eigenvalue weighted by Gasteiger charge is -2.28. The topological polar surface area (TPSA) is 222 Å². The Kier molecular flexibility index (Phi) is 8.31. The van der Waals surface area contributed by atoms with Crippen LogP contribution in [0.3, 0.4) is 0 Å². The standard InChI is InChI=1S/C15H23N5O8/c16-7(4-11(22)23)13(26)19-8(5-10(17)21)15(28)20-3-1-2-9(20)14(27)18-6-12(24)25/h7-9H,1-6,16H2,(H2,17,21)(H,18,27)(H,19,26)(H,22,23)(H,24,25). The third-order valence-corrected chi connectivity index (χ3v) is 4.00. The number of hydrogen-bond donors (Lipinski definition) is 6. The van der Waals surface area contributed by atoms with Crippen LogP contribution in [0.4, 0.5) is 0 Å². The van der Waals surface area contributed by atoms with E-state index in [1.54, 1.807) is 0 Å². The average molecular weight is 401 g/mol. The zero-order valence-electron chi connectivity index (χ0n) is 14.9. The van der Waals surface area contributed by atoms with Crippen LogP contribution in [0.5, 0.6) is 0 Å². The Labute approximate surface area is 159 Å². The lowest BCUT2D eigenvalue weighted by atomic mass is 10.1. The second kappa shape index (κ2) is 10.2. The number of nitrogens with two attached hydrogens (primary N) is 2. The third kappa shape index (κ3) is 6.83. The van der Waals surface area contributed by atoms with E-state index in [-0.39, 0.29) is 13.0 Å². The molecule has 0 spiro atoms. The van der Waals surface area contributed by atoms with Gasteiger partial charge in [-0.1, -0.05) is 0 Å². The zero-order valence-corrected chi connectivity index (χ0v) is 14.9. The molecule has 28 heavy (non-hydrogen) atoms. The molecule has 3 unspecified atom stereocenters. The van der Waals surface area contributed by atoms with Gasteiger partial charge in [-0.3, -0.25) is 28.8 Å². The predicted octanol–water partition coefficient (Wildman–Crippen LogP) is -3.66. The molecule has 3 atom stereocenters. The van der Waals surface area contributed by atoms with E-state index in [2.05, 4.69) is 10.6 Å². The highest BCUT2D eigenvalue weighted by Crippen LogP contribution is 2.19. The fourth-order valence-electron chi connectivity index (χ4n) is 2.74. The number of likely N-dealkylation sites (tertiary alicyclic amines) is 1. The summed E-state index contributed by atoms with van der Waals surface area (Å²) in [4.78, 5) is 70.5. The molecule has 1 saturated heterocycles. The van der Waals surface area contributed by atoms with E-state index in [1.165, 1.54) is 0 Å². The molecule has 1 aliphatic heterocycles. The van der Waals surface area contributed by atoms with Gasteiger partial charge in [0.05, 0.1) is 18.9 Å². The first-order chi connectivity index (χ1) is 13.0. The highest BCUT2D eigenvalue weighted by molar-refractivity contribution is 5.96. The van der Waals surface area contributed by atoms with Gasteiger partial charge >= 0.3 is 11.9 Å². The lowest BCUT2D eigenvalue weighted by Crippen LogP contribution is -2.56. The molecule has 1 rings (SSSR count). The van der Waals surface area contributed by atoms with Crippen LogP contribution in [-0.4, -0.2) is 81.9 Å². The molecule has 8 N–H and O–H groups in total. The number of hydrogen-bond acceptors (Lipinski definition) is 7. The molecule has 0 aromatic carbocycles. The summed E-state index contributed by atoms with van der Waals surface area (Å²) >= 11 is 0. The molecule has 156 valence electrons. The summed E-state index contributed by atoms with van der Waals surface area (Å²) in [5, 5.41) is 21.7. The molecule has 1 aliphatic rings. The highest BCUT2D eigenvalue weighted by Gasteiger charge is 2.38. The summed E-state index contributed by atoms with van der Waals surface area (Å²) in [6.07, 6.45) is -0.544. The Hall–Kier alpha value is -3.22. The maximum atomic E-state index is 12.8. The minimum absolute atomic E-state index is 0.149. The van der Waals surface area contributed by atoms with Gasteiger partial charge in [0.1, 0.15) is 18.6 Å². The van der Waals surface area contributed by atoms with Gasteiger partial charge in [-0.15, -0.1) is 0 Å². The number of carboxylic acids is 2. The van der Waals surface area contributed by atoms with E-state index in [0.29, 0.717) is 6.42 Å². The van der Waals surface area contributed by atoms with Crippen molar-refractivity contribution in [3.05, 3.63) is 0 Å². The van der Waals surface area contributed by atoms with Crippen molar-refractivity contribution in [2.45, 2.75) is 43.8 Å². The Morgan fingerprint density at radius 2 is 1.71 bits per heavy atom. The van der Waals surface area contributed by atoms with Crippen molar-refractivity contribution in [2.24, 2.45) is 11.5 Å². The maximum absolute atomic E-state index is 12.8. The van der Waals surface area contributed by atoms with Crippen molar-refractivity contribution in [2.75, 3.05) is 13.1 Å². The number of nitrogens with one attached hydrogen (secondary N) is 2. The van der Waals surface area contributed by atoms with Crippen LogP contribution in [0.25, 0.3) is 0 Å². The summed E-state index contributed by atoms with van der Waals surface area (Å²) in [5.41, 5.74) is 10.5. The molecule has 1 fully saturated rings. The second-order valence-electron chi connectivity index (χ2n) is 6.24. The average Bonchev–Trinajstić information content (AvgIpc) is 3.06. The van der Waals surface area contributed by atoms with Crippen LogP contribution in [0.15, 0.2) is 0 Å². The van der Waals surface area contributed by atoms with Gasteiger partial charge in [-0.05, 0) is 12.8 Å². The number of primary amides is 1. The minimum atomic E-state index is -1.45. The molecular formula is C15H23N5O8. The number of carboxylic acid groups (broad SMARTS) is 2. The van der Waals surface area contributed by atoms with Crippen LogP contribution in [0.1, 0.15) is 25.7 Å². The van der Waals surface area contributed by atoms with Crippen molar-refractivity contribution >= 4 is 35.6 Å². The fraction of sp³-hybridized carbons (Fsp3) is 0.600. The van der Waals surface area contributed by atoms with E-state index in [9.17, 15) is 28.8 Å². The summed E-state index contributed by atoms with van der Waals surface area (Å²) in [6, 6.07) is -3.85. The molecule has 0 radical (unpaired) electrons. The quantitative estimate of drug-likeness (QED) is 0.212. The first-order valence-electron chi connectivity index (χ1n) is 8.39. The largest absolute Gasteiger partial charge is 0.481 e. The zero-order chi connectivity index (χ0) is 21.4. The van der Waals surface area contributed by atoms with Gasteiger partial charge in [0.2, 0.25) is 23.6 Å². The van der Waals surface area contributed by atoms with E-state index < -0.39 is 73.1 Å². The molecular weight excluding hydrogens is 378 g/mol. The van der Waals surface area contributed by atoms with Crippen molar-refractivity contribution < 1.29 is 39.0 Å². The molecule has 0 aromatic heterocycles. The van der Waals surface area contributed by atoms with Gasteiger partial charge in [-0.25, -0.2) is 0 Å². The number of nitrogens with zero attached hydrogens (tertiary/aromatic N) is 1. The Morgan fingerprint density at radius 3 is 2.25 bits per heavy atom. The molecule has 0 bridgehead atoms. The van der Waals surface area contributed by atoms with Crippen LogP contribution in [0, 0.1) is 0 Å². The summed E-state index contributed by atoms with van der Waals surface area (Å²) in [6.45, 7) is -0.473. The molecule has 13 nitrogen and oxygen atoms in total. The maximum Gasteiger partial charge on any atom is 0.322 e.